The first-order chi connectivity index (χ1) is 9.13. The summed E-state index contributed by atoms with van der Waals surface area (Å²) < 4.78 is 0. The van der Waals surface area contributed by atoms with Crippen molar-refractivity contribution < 1.29 is 9.90 Å². The van der Waals surface area contributed by atoms with Gasteiger partial charge in [-0.2, -0.15) is 0 Å². The van der Waals surface area contributed by atoms with Gasteiger partial charge >= 0.3 is 5.97 Å². The van der Waals surface area contributed by atoms with Gasteiger partial charge in [-0.25, -0.2) is 4.79 Å². The second kappa shape index (κ2) is 4.10. The van der Waals surface area contributed by atoms with E-state index in [9.17, 15) is 4.79 Å². The highest BCUT2D eigenvalue weighted by Crippen LogP contribution is 2.65. The van der Waals surface area contributed by atoms with Crippen LogP contribution >= 0.6 is 0 Å². The Balaban J connectivity index is 1.55. The largest absolute Gasteiger partial charge is 0.478 e. The van der Waals surface area contributed by atoms with E-state index >= 15 is 0 Å². The fraction of sp³-hybridized carbons (Fsp3) is 0.824. The van der Waals surface area contributed by atoms with Gasteiger partial charge in [-0.15, -0.1) is 0 Å². The van der Waals surface area contributed by atoms with Crippen molar-refractivity contribution in [2.24, 2.45) is 29.1 Å². The van der Waals surface area contributed by atoms with Crippen molar-refractivity contribution in [3.05, 3.63) is 11.6 Å². The van der Waals surface area contributed by atoms with Gasteiger partial charge in [0.05, 0.1) is 0 Å². The first-order valence-electron chi connectivity index (χ1n) is 8.05. The van der Waals surface area contributed by atoms with Gasteiger partial charge in [-0.05, 0) is 86.9 Å². The molecular formula is C17H24O2. The molecular weight excluding hydrogens is 236 g/mol. The summed E-state index contributed by atoms with van der Waals surface area (Å²) in [5.41, 5.74) is 1.82. The van der Waals surface area contributed by atoms with Crippen LogP contribution in [0.2, 0.25) is 0 Å². The zero-order valence-electron chi connectivity index (χ0n) is 11.6. The zero-order chi connectivity index (χ0) is 13.0. The van der Waals surface area contributed by atoms with Crippen LogP contribution < -0.4 is 0 Å². The molecule has 4 bridgehead atoms. The van der Waals surface area contributed by atoms with Crippen LogP contribution in [0.15, 0.2) is 11.6 Å². The Morgan fingerprint density at radius 2 is 1.68 bits per heavy atom. The lowest BCUT2D eigenvalue weighted by Gasteiger charge is -2.59. The minimum atomic E-state index is -0.749. The Hall–Kier alpha value is -0.790. The molecule has 5 aliphatic rings. The van der Waals surface area contributed by atoms with E-state index in [1.807, 2.05) is 0 Å². The molecule has 5 saturated carbocycles. The first-order valence-corrected chi connectivity index (χ1v) is 8.05. The van der Waals surface area contributed by atoms with Gasteiger partial charge < -0.3 is 5.11 Å². The predicted octanol–water partition coefficient (Wildman–Crippen LogP) is 4.01. The Morgan fingerprint density at radius 3 is 2.21 bits per heavy atom. The molecule has 0 aromatic heterocycles. The van der Waals surface area contributed by atoms with E-state index in [1.54, 1.807) is 0 Å². The molecule has 2 heteroatoms. The van der Waals surface area contributed by atoms with E-state index < -0.39 is 5.97 Å². The molecule has 104 valence electrons. The number of carboxylic acid groups (broad SMARTS) is 1. The second-order valence-electron chi connectivity index (χ2n) is 7.86. The fourth-order valence-electron chi connectivity index (χ4n) is 6.39. The Labute approximate surface area is 115 Å². The van der Waals surface area contributed by atoms with E-state index in [2.05, 4.69) is 0 Å². The summed E-state index contributed by atoms with van der Waals surface area (Å²) >= 11 is 0. The molecule has 1 unspecified atom stereocenters. The maximum atomic E-state index is 10.8. The minimum Gasteiger partial charge on any atom is -0.478 e. The molecule has 5 fully saturated rings. The Kier molecular flexibility index (Phi) is 2.59. The van der Waals surface area contributed by atoms with Crippen molar-refractivity contribution in [2.45, 2.75) is 57.8 Å². The summed E-state index contributed by atoms with van der Waals surface area (Å²) in [4.78, 5) is 10.8. The van der Waals surface area contributed by atoms with Gasteiger partial charge in [0.2, 0.25) is 0 Å². The quantitative estimate of drug-likeness (QED) is 0.762. The predicted molar refractivity (Wildman–Crippen MR) is 73.7 cm³/mol. The Morgan fingerprint density at radius 1 is 1.11 bits per heavy atom. The summed E-state index contributed by atoms with van der Waals surface area (Å²) in [6, 6.07) is 0. The second-order valence-corrected chi connectivity index (χ2v) is 7.86. The fourth-order valence-corrected chi connectivity index (χ4v) is 6.39. The van der Waals surface area contributed by atoms with E-state index in [0.717, 1.165) is 36.5 Å². The minimum absolute atomic E-state index is 0.614. The molecule has 0 aliphatic heterocycles. The molecule has 0 heterocycles. The molecule has 2 nitrogen and oxygen atoms in total. The van der Waals surface area contributed by atoms with Crippen molar-refractivity contribution in [3.8, 4) is 0 Å². The molecule has 5 aliphatic carbocycles. The van der Waals surface area contributed by atoms with Gasteiger partial charge in [0, 0.05) is 6.08 Å². The number of allylic oxidation sites excluding steroid dienone is 1. The molecule has 0 radical (unpaired) electrons. The van der Waals surface area contributed by atoms with Gasteiger partial charge in [0.15, 0.2) is 0 Å². The smallest absolute Gasteiger partial charge is 0.328 e. The highest BCUT2D eigenvalue weighted by molar-refractivity contribution is 5.80. The summed E-state index contributed by atoms with van der Waals surface area (Å²) in [6.07, 6.45) is 13.8. The maximum Gasteiger partial charge on any atom is 0.328 e. The van der Waals surface area contributed by atoms with E-state index in [1.165, 1.54) is 56.6 Å². The van der Waals surface area contributed by atoms with Crippen LogP contribution in [0.5, 0.6) is 0 Å². The lowest BCUT2D eigenvalue weighted by molar-refractivity contribution is -0.131. The van der Waals surface area contributed by atoms with Crippen molar-refractivity contribution in [3.63, 3.8) is 0 Å². The van der Waals surface area contributed by atoms with E-state index in [0.29, 0.717) is 5.41 Å². The molecule has 19 heavy (non-hydrogen) atoms. The van der Waals surface area contributed by atoms with Crippen LogP contribution in [0.4, 0.5) is 0 Å². The first kappa shape index (κ1) is 12.0. The monoisotopic (exact) mass is 260 g/mol. The molecule has 5 rings (SSSR count). The average Bonchev–Trinajstić information content (AvgIpc) is 2.75. The number of rotatable bonds is 2. The third-order valence-corrected chi connectivity index (χ3v) is 6.60. The summed E-state index contributed by atoms with van der Waals surface area (Å²) in [6.45, 7) is 0. The SMILES string of the molecule is O=C(O)/C=C1\CCC(C23CC4CC(CC(C4)C2)C3)C1. The maximum absolute atomic E-state index is 10.8. The molecule has 0 aromatic carbocycles. The van der Waals surface area contributed by atoms with Crippen molar-refractivity contribution in [1.29, 1.82) is 0 Å². The van der Waals surface area contributed by atoms with Crippen LogP contribution in [0.1, 0.15) is 57.8 Å². The topological polar surface area (TPSA) is 37.3 Å². The summed E-state index contributed by atoms with van der Waals surface area (Å²) in [5.74, 6) is 3.09. The van der Waals surface area contributed by atoms with Crippen LogP contribution in [0.3, 0.4) is 0 Å². The average molecular weight is 260 g/mol. The lowest BCUT2D eigenvalue weighted by Crippen LogP contribution is -2.49. The molecule has 1 atom stereocenters. The number of carbonyl (C=O) groups is 1. The highest BCUT2D eigenvalue weighted by Gasteiger charge is 2.54. The number of hydrogen-bond acceptors (Lipinski definition) is 1. The molecule has 0 amide bonds. The van der Waals surface area contributed by atoms with Crippen LogP contribution in [0, 0.1) is 29.1 Å². The summed E-state index contributed by atoms with van der Waals surface area (Å²) in [5, 5.41) is 8.92. The van der Waals surface area contributed by atoms with E-state index in [4.69, 9.17) is 5.11 Å². The van der Waals surface area contributed by atoms with Crippen LogP contribution in [0.25, 0.3) is 0 Å². The summed E-state index contributed by atoms with van der Waals surface area (Å²) in [7, 11) is 0. The van der Waals surface area contributed by atoms with Crippen molar-refractivity contribution >= 4 is 5.97 Å². The van der Waals surface area contributed by atoms with Crippen molar-refractivity contribution in [1.82, 2.24) is 0 Å². The molecule has 0 spiro atoms. The van der Waals surface area contributed by atoms with Gasteiger partial charge in [-0.3, -0.25) is 0 Å². The molecule has 0 saturated heterocycles. The standard InChI is InChI=1S/C17H24O2/c18-16(19)7-11-1-2-15(6-11)17-8-12-3-13(9-17)5-14(4-12)10-17/h7,12-15H,1-6,8-10H2,(H,18,19)/b11-7+. The number of hydrogen-bond donors (Lipinski definition) is 1. The van der Waals surface area contributed by atoms with Gasteiger partial charge in [0.1, 0.15) is 0 Å². The highest BCUT2D eigenvalue weighted by atomic mass is 16.4. The number of aliphatic carboxylic acids is 1. The normalized spacial score (nSPS) is 50.0. The van der Waals surface area contributed by atoms with Gasteiger partial charge in [-0.1, -0.05) is 5.57 Å². The van der Waals surface area contributed by atoms with Crippen LogP contribution in [-0.4, -0.2) is 11.1 Å². The van der Waals surface area contributed by atoms with Crippen molar-refractivity contribution in [2.75, 3.05) is 0 Å². The molecule has 0 aromatic rings. The lowest BCUT2D eigenvalue weighted by atomic mass is 9.46. The third-order valence-electron chi connectivity index (χ3n) is 6.60. The Bertz CT molecular complexity index is 399. The number of carboxylic acids is 1. The zero-order valence-corrected chi connectivity index (χ0v) is 11.6. The van der Waals surface area contributed by atoms with Gasteiger partial charge in [0.25, 0.3) is 0 Å². The van der Waals surface area contributed by atoms with E-state index in [-0.39, 0.29) is 0 Å². The van der Waals surface area contributed by atoms with Crippen LogP contribution in [-0.2, 0) is 4.79 Å². The molecule has 1 N–H and O–H groups in total. The third kappa shape index (κ3) is 1.95.